The van der Waals surface area contributed by atoms with Crippen molar-refractivity contribution in [2.24, 2.45) is 0 Å². The van der Waals surface area contributed by atoms with Crippen LogP contribution >= 0.6 is 0 Å². The molecule has 0 aromatic rings. The molecule has 0 rings (SSSR count). The highest BCUT2D eigenvalue weighted by Gasteiger charge is 2.03. The maximum absolute atomic E-state index is 9.16. The fraction of sp³-hybridized carbons (Fsp3) is 1.00. The van der Waals surface area contributed by atoms with E-state index in [-0.39, 0.29) is 6.10 Å². The molecule has 2 heteroatoms. The molecule has 2 atom stereocenters. The Hall–Kier alpha value is -0.0800. The SMILES string of the molecule is CCCCCCCNC(C)CC(C)O. The van der Waals surface area contributed by atoms with Crippen molar-refractivity contribution in [3.63, 3.8) is 0 Å². The van der Waals surface area contributed by atoms with Gasteiger partial charge in [0.2, 0.25) is 0 Å². The van der Waals surface area contributed by atoms with Crippen LogP contribution in [0.1, 0.15) is 59.3 Å². The molecule has 0 saturated heterocycles. The first-order valence-corrected chi connectivity index (χ1v) is 6.08. The van der Waals surface area contributed by atoms with Gasteiger partial charge in [-0.25, -0.2) is 0 Å². The summed E-state index contributed by atoms with van der Waals surface area (Å²) in [4.78, 5) is 0. The Morgan fingerprint density at radius 2 is 1.71 bits per heavy atom. The van der Waals surface area contributed by atoms with Crippen LogP contribution in [0.5, 0.6) is 0 Å². The molecule has 2 N–H and O–H groups in total. The molecule has 0 aliphatic rings. The van der Waals surface area contributed by atoms with Gasteiger partial charge in [-0.05, 0) is 33.2 Å². The number of rotatable bonds is 9. The zero-order valence-electron chi connectivity index (χ0n) is 10.1. The maximum Gasteiger partial charge on any atom is 0.0526 e. The van der Waals surface area contributed by atoms with E-state index in [1.54, 1.807) is 0 Å². The normalized spacial score (nSPS) is 15.4. The van der Waals surface area contributed by atoms with Gasteiger partial charge in [-0.1, -0.05) is 32.6 Å². The van der Waals surface area contributed by atoms with Crippen LogP contribution in [-0.4, -0.2) is 23.8 Å². The molecule has 0 aliphatic carbocycles. The van der Waals surface area contributed by atoms with Crippen molar-refractivity contribution in [1.82, 2.24) is 5.32 Å². The van der Waals surface area contributed by atoms with E-state index < -0.39 is 0 Å². The predicted octanol–water partition coefficient (Wildman–Crippen LogP) is 2.71. The summed E-state index contributed by atoms with van der Waals surface area (Å²) < 4.78 is 0. The van der Waals surface area contributed by atoms with E-state index in [4.69, 9.17) is 5.11 Å². The van der Waals surface area contributed by atoms with Crippen molar-refractivity contribution >= 4 is 0 Å². The summed E-state index contributed by atoms with van der Waals surface area (Å²) >= 11 is 0. The first-order chi connectivity index (χ1) is 6.66. The minimum absolute atomic E-state index is 0.183. The van der Waals surface area contributed by atoms with Crippen LogP contribution in [0.15, 0.2) is 0 Å². The molecule has 0 heterocycles. The van der Waals surface area contributed by atoms with Crippen molar-refractivity contribution < 1.29 is 5.11 Å². The van der Waals surface area contributed by atoms with Crippen LogP contribution in [0.3, 0.4) is 0 Å². The molecule has 14 heavy (non-hydrogen) atoms. The largest absolute Gasteiger partial charge is 0.393 e. The number of hydrogen-bond acceptors (Lipinski definition) is 2. The Morgan fingerprint density at radius 1 is 1.07 bits per heavy atom. The fourth-order valence-corrected chi connectivity index (χ4v) is 1.67. The Kier molecular flexibility index (Phi) is 9.42. The van der Waals surface area contributed by atoms with Gasteiger partial charge in [0.1, 0.15) is 0 Å². The van der Waals surface area contributed by atoms with E-state index in [9.17, 15) is 0 Å². The molecule has 0 radical (unpaired) electrons. The molecule has 2 unspecified atom stereocenters. The third-order valence-electron chi connectivity index (χ3n) is 2.47. The lowest BCUT2D eigenvalue weighted by molar-refractivity contribution is 0.170. The van der Waals surface area contributed by atoms with E-state index >= 15 is 0 Å². The number of unbranched alkanes of at least 4 members (excludes halogenated alkanes) is 4. The summed E-state index contributed by atoms with van der Waals surface area (Å²) in [6.45, 7) is 7.32. The van der Waals surface area contributed by atoms with Gasteiger partial charge >= 0.3 is 0 Å². The predicted molar refractivity (Wildman–Crippen MR) is 62.5 cm³/mol. The molecule has 0 amide bonds. The Balaban J connectivity index is 3.10. The third-order valence-corrected chi connectivity index (χ3v) is 2.47. The van der Waals surface area contributed by atoms with Crippen molar-refractivity contribution in [3.8, 4) is 0 Å². The highest BCUT2D eigenvalue weighted by Crippen LogP contribution is 2.02. The summed E-state index contributed by atoms with van der Waals surface area (Å²) in [6.07, 6.45) is 7.32. The van der Waals surface area contributed by atoms with E-state index in [0.717, 1.165) is 13.0 Å². The van der Waals surface area contributed by atoms with Gasteiger partial charge in [0.15, 0.2) is 0 Å². The van der Waals surface area contributed by atoms with Crippen molar-refractivity contribution in [2.75, 3.05) is 6.54 Å². The molecule has 0 saturated carbocycles. The monoisotopic (exact) mass is 201 g/mol. The molecule has 0 aromatic carbocycles. The van der Waals surface area contributed by atoms with Gasteiger partial charge in [-0.2, -0.15) is 0 Å². The fourth-order valence-electron chi connectivity index (χ4n) is 1.67. The molecule has 0 fully saturated rings. The molecule has 86 valence electrons. The van der Waals surface area contributed by atoms with E-state index in [1.165, 1.54) is 32.1 Å². The first kappa shape index (κ1) is 13.9. The molecule has 0 aromatic heterocycles. The lowest BCUT2D eigenvalue weighted by Gasteiger charge is -2.15. The van der Waals surface area contributed by atoms with Crippen LogP contribution in [0.25, 0.3) is 0 Å². The minimum atomic E-state index is -0.183. The van der Waals surface area contributed by atoms with E-state index in [1.807, 2.05) is 6.92 Å². The standard InChI is InChI=1S/C12H27NO/c1-4-5-6-7-8-9-13-11(2)10-12(3)14/h11-14H,4-10H2,1-3H3. The van der Waals surface area contributed by atoms with E-state index in [0.29, 0.717) is 6.04 Å². The summed E-state index contributed by atoms with van der Waals surface area (Å²) in [7, 11) is 0. The number of aliphatic hydroxyl groups excluding tert-OH is 1. The minimum Gasteiger partial charge on any atom is -0.393 e. The van der Waals surface area contributed by atoms with Gasteiger partial charge < -0.3 is 10.4 Å². The summed E-state index contributed by atoms with van der Waals surface area (Å²) in [5.74, 6) is 0. The van der Waals surface area contributed by atoms with Crippen molar-refractivity contribution in [1.29, 1.82) is 0 Å². The highest BCUT2D eigenvalue weighted by molar-refractivity contribution is 4.63. The van der Waals surface area contributed by atoms with Crippen LogP contribution in [-0.2, 0) is 0 Å². The van der Waals surface area contributed by atoms with Crippen molar-refractivity contribution in [2.45, 2.75) is 71.4 Å². The van der Waals surface area contributed by atoms with Gasteiger partial charge in [-0.15, -0.1) is 0 Å². The summed E-state index contributed by atoms with van der Waals surface area (Å²) in [5, 5.41) is 12.6. The zero-order chi connectivity index (χ0) is 10.8. The topological polar surface area (TPSA) is 32.3 Å². The Morgan fingerprint density at radius 3 is 2.29 bits per heavy atom. The van der Waals surface area contributed by atoms with Gasteiger partial charge in [-0.3, -0.25) is 0 Å². The quantitative estimate of drug-likeness (QED) is 0.562. The van der Waals surface area contributed by atoms with Gasteiger partial charge in [0.25, 0.3) is 0 Å². The molecule has 0 spiro atoms. The number of aliphatic hydroxyl groups is 1. The second kappa shape index (κ2) is 9.47. The highest BCUT2D eigenvalue weighted by atomic mass is 16.3. The van der Waals surface area contributed by atoms with E-state index in [2.05, 4.69) is 19.2 Å². The van der Waals surface area contributed by atoms with Gasteiger partial charge in [0, 0.05) is 6.04 Å². The number of hydrogen-bond donors (Lipinski definition) is 2. The summed E-state index contributed by atoms with van der Waals surface area (Å²) in [6, 6.07) is 0.446. The molecule has 2 nitrogen and oxygen atoms in total. The molecule has 0 bridgehead atoms. The average molecular weight is 201 g/mol. The van der Waals surface area contributed by atoms with Crippen LogP contribution in [0.2, 0.25) is 0 Å². The van der Waals surface area contributed by atoms with Gasteiger partial charge in [0.05, 0.1) is 6.10 Å². The number of nitrogens with one attached hydrogen (secondary N) is 1. The average Bonchev–Trinajstić information content (AvgIpc) is 2.10. The van der Waals surface area contributed by atoms with Crippen LogP contribution in [0, 0.1) is 0 Å². The first-order valence-electron chi connectivity index (χ1n) is 6.08. The Labute approximate surface area is 89.1 Å². The smallest absolute Gasteiger partial charge is 0.0526 e. The molecular formula is C12H27NO. The second-order valence-electron chi connectivity index (χ2n) is 4.35. The zero-order valence-corrected chi connectivity index (χ0v) is 10.1. The van der Waals surface area contributed by atoms with Crippen LogP contribution in [0.4, 0.5) is 0 Å². The maximum atomic E-state index is 9.16. The molecule has 0 aliphatic heterocycles. The Bertz CT molecular complexity index is 115. The lowest BCUT2D eigenvalue weighted by Crippen LogP contribution is -2.29. The lowest BCUT2D eigenvalue weighted by atomic mass is 10.1. The van der Waals surface area contributed by atoms with Crippen LogP contribution < -0.4 is 5.32 Å². The summed E-state index contributed by atoms with van der Waals surface area (Å²) in [5.41, 5.74) is 0. The third kappa shape index (κ3) is 10.0. The second-order valence-corrected chi connectivity index (χ2v) is 4.35. The molecular weight excluding hydrogens is 174 g/mol. The van der Waals surface area contributed by atoms with Crippen molar-refractivity contribution in [3.05, 3.63) is 0 Å².